The Labute approximate surface area is 136 Å². The second-order valence-electron chi connectivity index (χ2n) is 6.44. The molecule has 1 amide bonds. The first-order valence-corrected chi connectivity index (χ1v) is 8.36. The van der Waals surface area contributed by atoms with Crippen molar-refractivity contribution in [2.24, 2.45) is 0 Å². The first-order chi connectivity index (χ1) is 11.1. The molecule has 1 unspecified atom stereocenters. The van der Waals surface area contributed by atoms with Gasteiger partial charge in [-0.1, -0.05) is 0 Å². The van der Waals surface area contributed by atoms with E-state index in [1.165, 1.54) is 12.8 Å². The summed E-state index contributed by atoms with van der Waals surface area (Å²) in [5, 5.41) is 3.06. The number of likely N-dealkylation sites (tertiary alicyclic amines) is 1. The largest absolute Gasteiger partial charge is 0.377 e. The molecule has 2 aliphatic rings. The molecule has 2 aliphatic heterocycles. The molecule has 7 nitrogen and oxygen atoms in total. The number of aryl methyl sites for hydroxylation is 1. The highest BCUT2D eigenvalue weighted by molar-refractivity contribution is 5.92. The van der Waals surface area contributed by atoms with Gasteiger partial charge in [0, 0.05) is 38.0 Å². The van der Waals surface area contributed by atoms with Crippen LogP contribution in [0.2, 0.25) is 0 Å². The Morgan fingerprint density at radius 1 is 1.39 bits per heavy atom. The molecule has 126 valence electrons. The number of rotatable bonds is 4. The predicted octanol–water partition coefficient (Wildman–Crippen LogP) is 0.740. The van der Waals surface area contributed by atoms with Crippen LogP contribution in [0.25, 0.3) is 0 Å². The van der Waals surface area contributed by atoms with Crippen LogP contribution in [-0.2, 0) is 4.74 Å². The summed E-state index contributed by atoms with van der Waals surface area (Å²) < 4.78 is 5.69. The van der Waals surface area contributed by atoms with Crippen molar-refractivity contribution in [3.8, 4) is 0 Å². The average Bonchev–Trinajstić information content (AvgIpc) is 3.01. The number of ether oxygens (including phenoxy) is 1. The van der Waals surface area contributed by atoms with Gasteiger partial charge in [0.15, 0.2) is 0 Å². The number of aromatic nitrogens is 2. The van der Waals surface area contributed by atoms with Crippen LogP contribution < -0.4 is 11.1 Å². The van der Waals surface area contributed by atoms with Crippen molar-refractivity contribution in [3.05, 3.63) is 17.5 Å². The molecule has 2 saturated heterocycles. The molecule has 23 heavy (non-hydrogen) atoms. The number of nitrogens with one attached hydrogen (secondary N) is 1. The average molecular weight is 319 g/mol. The fourth-order valence-electron chi connectivity index (χ4n) is 3.30. The lowest BCUT2D eigenvalue weighted by molar-refractivity contribution is 0.0612. The summed E-state index contributed by atoms with van der Waals surface area (Å²) in [6.07, 6.45) is 4.66. The van der Waals surface area contributed by atoms with Crippen molar-refractivity contribution >= 4 is 11.9 Å². The second kappa shape index (κ2) is 7.23. The van der Waals surface area contributed by atoms with E-state index in [4.69, 9.17) is 10.5 Å². The zero-order chi connectivity index (χ0) is 16.2. The molecule has 3 heterocycles. The molecule has 3 rings (SSSR count). The molecule has 0 radical (unpaired) electrons. The summed E-state index contributed by atoms with van der Waals surface area (Å²) in [5.74, 6) is -0.0266. The van der Waals surface area contributed by atoms with Crippen molar-refractivity contribution in [1.29, 1.82) is 0 Å². The quantitative estimate of drug-likeness (QED) is 0.850. The first kappa shape index (κ1) is 16.1. The van der Waals surface area contributed by atoms with Crippen LogP contribution in [0.5, 0.6) is 0 Å². The van der Waals surface area contributed by atoms with E-state index in [2.05, 4.69) is 20.2 Å². The minimum atomic E-state index is -0.167. The standard InChI is InChI=1S/C16H25N5O2/c1-11-9-14(20-16(17)18-11)15(22)19-12-4-6-21(7-5-12)10-13-3-2-8-23-13/h9,12-13H,2-8,10H2,1H3,(H,19,22)(H2,17,18,20). The fourth-order valence-corrected chi connectivity index (χ4v) is 3.30. The van der Waals surface area contributed by atoms with E-state index in [1.54, 1.807) is 13.0 Å². The number of piperidine rings is 1. The van der Waals surface area contributed by atoms with Crippen LogP contribution in [0.1, 0.15) is 41.9 Å². The van der Waals surface area contributed by atoms with Gasteiger partial charge in [-0.05, 0) is 38.7 Å². The Balaban J connectivity index is 1.47. The summed E-state index contributed by atoms with van der Waals surface area (Å²) in [7, 11) is 0. The zero-order valence-electron chi connectivity index (χ0n) is 13.6. The maximum Gasteiger partial charge on any atom is 0.270 e. The summed E-state index contributed by atoms with van der Waals surface area (Å²) in [4.78, 5) is 22.7. The monoisotopic (exact) mass is 319 g/mol. The molecule has 1 aromatic heterocycles. The highest BCUT2D eigenvalue weighted by Crippen LogP contribution is 2.17. The highest BCUT2D eigenvalue weighted by Gasteiger charge is 2.25. The van der Waals surface area contributed by atoms with Gasteiger partial charge in [-0.3, -0.25) is 4.79 Å². The smallest absolute Gasteiger partial charge is 0.270 e. The number of hydrogen-bond acceptors (Lipinski definition) is 6. The molecule has 1 aromatic rings. The molecular weight excluding hydrogens is 294 g/mol. The fraction of sp³-hybridized carbons (Fsp3) is 0.688. The minimum Gasteiger partial charge on any atom is -0.377 e. The molecule has 0 aliphatic carbocycles. The number of amides is 1. The molecule has 2 fully saturated rings. The summed E-state index contributed by atoms with van der Waals surface area (Å²) >= 11 is 0. The molecule has 0 saturated carbocycles. The normalized spacial score (nSPS) is 23.1. The van der Waals surface area contributed by atoms with Crippen LogP contribution in [0, 0.1) is 6.92 Å². The topological polar surface area (TPSA) is 93.4 Å². The van der Waals surface area contributed by atoms with Gasteiger partial charge in [-0.25, -0.2) is 9.97 Å². The summed E-state index contributed by atoms with van der Waals surface area (Å²) in [6.45, 7) is 5.71. The third kappa shape index (κ3) is 4.39. The van der Waals surface area contributed by atoms with Crippen molar-refractivity contribution < 1.29 is 9.53 Å². The Kier molecular flexibility index (Phi) is 5.07. The number of anilines is 1. The molecular formula is C16H25N5O2. The third-order valence-electron chi connectivity index (χ3n) is 4.51. The van der Waals surface area contributed by atoms with Gasteiger partial charge < -0.3 is 20.7 Å². The van der Waals surface area contributed by atoms with Crippen molar-refractivity contribution in [3.63, 3.8) is 0 Å². The van der Waals surface area contributed by atoms with Gasteiger partial charge in [0.05, 0.1) is 6.10 Å². The van der Waals surface area contributed by atoms with E-state index in [0.717, 1.165) is 39.1 Å². The SMILES string of the molecule is Cc1cc(C(=O)NC2CCN(CC3CCCO3)CC2)nc(N)n1. The van der Waals surface area contributed by atoms with Gasteiger partial charge >= 0.3 is 0 Å². The van der Waals surface area contributed by atoms with E-state index in [1.807, 2.05) is 0 Å². The van der Waals surface area contributed by atoms with Gasteiger partial charge in [-0.15, -0.1) is 0 Å². The molecule has 3 N–H and O–H groups in total. The van der Waals surface area contributed by atoms with Crippen molar-refractivity contribution in [2.45, 2.75) is 44.8 Å². The number of nitrogens with zero attached hydrogens (tertiary/aromatic N) is 3. The van der Waals surface area contributed by atoms with Crippen LogP contribution in [0.4, 0.5) is 5.95 Å². The van der Waals surface area contributed by atoms with Gasteiger partial charge in [0.2, 0.25) is 5.95 Å². The van der Waals surface area contributed by atoms with E-state index < -0.39 is 0 Å². The van der Waals surface area contributed by atoms with Crippen LogP contribution in [0.3, 0.4) is 0 Å². The third-order valence-corrected chi connectivity index (χ3v) is 4.51. The highest BCUT2D eigenvalue weighted by atomic mass is 16.5. The Hall–Kier alpha value is -1.73. The number of nitrogen functional groups attached to an aromatic ring is 1. The molecule has 7 heteroatoms. The molecule has 1 atom stereocenters. The number of carbonyl (C=O) groups is 1. The Bertz CT molecular complexity index is 531. The lowest BCUT2D eigenvalue weighted by atomic mass is 10.0. The lowest BCUT2D eigenvalue weighted by Gasteiger charge is -2.33. The van der Waals surface area contributed by atoms with E-state index >= 15 is 0 Å². The second-order valence-corrected chi connectivity index (χ2v) is 6.44. The summed E-state index contributed by atoms with van der Waals surface area (Å²) in [6, 6.07) is 1.86. The van der Waals surface area contributed by atoms with Crippen LogP contribution in [0.15, 0.2) is 6.07 Å². The zero-order valence-corrected chi connectivity index (χ0v) is 13.6. The Morgan fingerprint density at radius 3 is 2.83 bits per heavy atom. The maximum absolute atomic E-state index is 12.3. The Morgan fingerprint density at radius 2 is 2.17 bits per heavy atom. The van der Waals surface area contributed by atoms with Crippen molar-refractivity contribution in [1.82, 2.24) is 20.2 Å². The number of carbonyl (C=O) groups excluding carboxylic acids is 1. The van der Waals surface area contributed by atoms with Gasteiger partial charge in [0.25, 0.3) is 5.91 Å². The number of hydrogen-bond donors (Lipinski definition) is 2. The van der Waals surface area contributed by atoms with Crippen molar-refractivity contribution in [2.75, 3.05) is 32.0 Å². The summed E-state index contributed by atoms with van der Waals surface area (Å²) in [5.41, 5.74) is 6.65. The van der Waals surface area contributed by atoms with Crippen LogP contribution >= 0.6 is 0 Å². The minimum absolute atomic E-state index is 0.140. The molecule has 0 spiro atoms. The lowest BCUT2D eigenvalue weighted by Crippen LogP contribution is -2.46. The van der Waals surface area contributed by atoms with E-state index in [9.17, 15) is 4.79 Å². The van der Waals surface area contributed by atoms with Gasteiger partial charge in [0.1, 0.15) is 5.69 Å². The van der Waals surface area contributed by atoms with Gasteiger partial charge in [-0.2, -0.15) is 0 Å². The first-order valence-electron chi connectivity index (χ1n) is 8.36. The van der Waals surface area contributed by atoms with Crippen LogP contribution in [-0.4, -0.2) is 59.2 Å². The molecule has 0 bridgehead atoms. The maximum atomic E-state index is 12.3. The number of nitrogens with two attached hydrogens (primary N) is 1. The molecule has 0 aromatic carbocycles. The van der Waals surface area contributed by atoms with E-state index in [0.29, 0.717) is 17.5 Å². The predicted molar refractivity (Wildman–Crippen MR) is 87.1 cm³/mol. The van der Waals surface area contributed by atoms with E-state index in [-0.39, 0.29) is 17.9 Å².